The fraction of sp³-hybridized carbons (Fsp3) is 0.600. The Morgan fingerprint density at radius 3 is 2.67 bits per heavy atom. The SMILES string of the molecule is CC.Clc1ccc2c(c1)C1(CCNCC1)OCC2. The normalized spacial score (nSPS) is 20.8. The number of piperidine rings is 1. The zero-order valence-corrected chi connectivity index (χ0v) is 12.0. The first-order valence-electron chi connectivity index (χ1n) is 6.94. The van der Waals surface area contributed by atoms with Gasteiger partial charge < -0.3 is 10.1 Å². The molecule has 0 aliphatic carbocycles. The monoisotopic (exact) mass is 267 g/mol. The quantitative estimate of drug-likeness (QED) is 0.777. The summed E-state index contributed by atoms with van der Waals surface area (Å²) in [5, 5.41) is 4.21. The van der Waals surface area contributed by atoms with Gasteiger partial charge in [-0.2, -0.15) is 0 Å². The van der Waals surface area contributed by atoms with Crippen molar-refractivity contribution in [2.24, 2.45) is 0 Å². The molecule has 0 radical (unpaired) electrons. The van der Waals surface area contributed by atoms with Crippen LogP contribution in [0, 0.1) is 0 Å². The summed E-state index contributed by atoms with van der Waals surface area (Å²) < 4.78 is 6.09. The fourth-order valence-corrected chi connectivity index (χ4v) is 3.04. The minimum Gasteiger partial charge on any atom is -0.370 e. The lowest BCUT2D eigenvalue weighted by molar-refractivity contribution is -0.0802. The molecule has 0 bridgehead atoms. The zero-order chi connectivity index (χ0) is 13.0. The van der Waals surface area contributed by atoms with Crippen LogP contribution in [0.2, 0.25) is 5.02 Å². The van der Waals surface area contributed by atoms with Gasteiger partial charge in [0.1, 0.15) is 0 Å². The predicted molar refractivity (Wildman–Crippen MR) is 76.2 cm³/mol. The number of fused-ring (bicyclic) bond motifs is 2. The molecule has 1 fully saturated rings. The first kappa shape index (κ1) is 13.9. The molecule has 100 valence electrons. The van der Waals surface area contributed by atoms with Crippen molar-refractivity contribution in [1.29, 1.82) is 0 Å². The molecule has 1 aromatic rings. The summed E-state index contributed by atoms with van der Waals surface area (Å²) in [4.78, 5) is 0. The molecule has 1 spiro atoms. The molecule has 1 N–H and O–H groups in total. The van der Waals surface area contributed by atoms with E-state index >= 15 is 0 Å². The van der Waals surface area contributed by atoms with Crippen LogP contribution in [0.5, 0.6) is 0 Å². The van der Waals surface area contributed by atoms with E-state index < -0.39 is 0 Å². The van der Waals surface area contributed by atoms with Gasteiger partial charge in [0.2, 0.25) is 0 Å². The maximum atomic E-state index is 6.11. The summed E-state index contributed by atoms with van der Waals surface area (Å²) >= 11 is 6.11. The second-order valence-corrected chi connectivity index (χ2v) is 5.08. The van der Waals surface area contributed by atoms with Crippen LogP contribution in [0.15, 0.2) is 18.2 Å². The molecule has 0 amide bonds. The van der Waals surface area contributed by atoms with Gasteiger partial charge in [0.15, 0.2) is 0 Å². The van der Waals surface area contributed by atoms with E-state index in [1.165, 1.54) is 11.1 Å². The van der Waals surface area contributed by atoms with Crippen LogP contribution in [-0.2, 0) is 16.8 Å². The summed E-state index contributed by atoms with van der Waals surface area (Å²) in [6.45, 7) is 6.91. The Morgan fingerprint density at radius 1 is 1.22 bits per heavy atom. The van der Waals surface area contributed by atoms with Crippen molar-refractivity contribution < 1.29 is 4.74 Å². The third kappa shape index (κ3) is 2.56. The van der Waals surface area contributed by atoms with Crippen LogP contribution >= 0.6 is 11.6 Å². The van der Waals surface area contributed by atoms with Crippen molar-refractivity contribution in [2.75, 3.05) is 19.7 Å². The summed E-state index contributed by atoms with van der Waals surface area (Å²) in [6, 6.07) is 6.24. The standard InChI is InChI=1S/C13H16ClNO.C2H6/c14-11-2-1-10-3-8-16-13(12(10)9-11)4-6-15-7-5-13;1-2/h1-2,9,15H,3-8H2;1-2H3. The lowest BCUT2D eigenvalue weighted by Crippen LogP contribution is -2.44. The van der Waals surface area contributed by atoms with Gasteiger partial charge in [-0.3, -0.25) is 0 Å². The Hall–Kier alpha value is -0.570. The number of rotatable bonds is 0. The lowest BCUT2D eigenvalue weighted by atomic mass is 9.80. The molecule has 18 heavy (non-hydrogen) atoms. The number of hydrogen-bond donors (Lipinski definition) is 1. The summed E-state index contributed by atoms with van der Waals surface area (Å²) in [5.41, 5.74) is 2.68. The van der Waals surface area contributed by atoms with E-state index in [0.717, 1.165) is 44.0 Å². The zero-order valence-electron chi connectivity index (χ0n) is 11.3. The predicted octanol–water partition coefficient (Wildman–Crippen LogP) is 3.52. The highest BCUT2D eigenvalue weighted by molar-refractivity contribution is 6.30. The van der Waals surface area contributed by atoms with Gasteiger partial charge >= 0.3 is 0 Å². The van der Waals surface area contributed by atoms with Crippen LogP contribution < -0.4 is 5.32 Å². The first-order chi connectivity index (χ1) is 8.80. The van der Waals surface area contributed by atoms with Crippen molar-refractivity contribution >= 4 is 11.6 Å². The minimum absolute atomic E-state index is 0.0657. The van der Waals surface area contributed by atoms with Gasteiger partial charge in [-0.1, -0.05) is 31.5 Å². The minimum atomic E-state index is -0.0657. The van der Waals surface area contributed by atoms with E-state index in [2.05, 4.69) is 17.4 Å². The highest BCUT2D eigenvalue weighted by Crippen LogP contribution is 2.40. The van der Waals surface area contributed by atoms with Crippen LogP contribution in [0.4, 0.5) is 0 Å². The molecule has 1 saturated heterocycles. The van der Waals surface area contributed by atoms with Gasteiger partial charge in [-0.25, -0.2) is 0 Å². The molecular weight excluding hydrogens is 246 g/mol. The molecule has 1 aromatic carbocycles. The van der Waals surface area contributed by atoms with Crippen molar-refractivity contribution in [3.05, 3.63) is 34.3 Å². The molecule has 2 heterocycles. The molecule has 0 saturated carbocycles. The van der Waals surface area contributed by atoms with Crippen molar-refractivity contribution in [1.82, 2.24) is 5.32 Å². The highest BCUT2D eigenvalue weighted by Gasteiger charge is 2.38. The second kappa shape index (κ2) is 6.05. The van der Waals surface area contributed by atoms with Crippen LogP contribution in [0.1, 0.15) is 37.8 Å². The van der Waals surface area contributed by atoms with E-state index in [-0.39, 0.29) is 5.60 Å². The topological polar surface area (TPSA) is 21.3 Å². The van der Waals surface area contributed by atoms with Gasteiger partial charge in [-0.15, -0.1) is 0 Å². The van der Waals surface area contributed by atoms with E-state index in [1.54, 1.807) is 0 Å². The van der Waals surface area contributed by atoms with E-state index in [9.17, 15) is 0 Å². The third-order valence-corrected chi connectivity index (χ3v) is 3.96. The molecule has 3 rings (SSSR count). The molecule has 0 atom stereocenters. The Labute approximate surface area is 115 Å². The van der Waals surface area contributed by atoms with Gasteiger partial charge in [-0.05, 0) is 55.6 Å². The maximum absolute atomic E-state index is 6.11. The molecule has 3 heteroatoms. The Kier molecular flexibility index (Phi) is 4.66. The van der Waals surface area contributed by atoms with E-state index in [4.69, 9.17) is 16.3 Å². The second-order valence-electron chi connectivity index (χ2n) is 4.64. The lowest BCUT2D eigenvalue weighted by Gasteiger charge is -2.42. The molecule has 0 unspecified atom stereocenters. The molecule has 2 nitrogen and oxygen atoms in total. The summed E-state index contributed by atoms with van der Waals surface area (Å²) in [7, 11) is 0. The molecular formula is C15H22ClNO. The number of halogens is 1. The molecule has 0 aromatic heterocycles. The summed E-state index contributed by atoms with van der Waals surface area (Å²) in [6.07, 6.45) is 3.13. The number of nitrogens with one attached hydrogen (secondary N) is 1. The van der Waals surface area contributed by atoms with Crippen molar-refractivity contribution in [2.45, 2.75) is 38.7 Å². The first-order valence-corrected chi connectivity index (χ1v) is 7.32. The average Bonchev–Trinajstić information content (AvgIpc) is 2.43. The Bertz CT molecular complexity index is 399. The maximum Gasteiger partial charge on any atom is 0.0958 e. The van der Waals surface area contributed by atoms with Gasteiger partial charge in [0.05, 0.1) is 12.2 Å². The Balaban J connectivity index is 0.000000574. The van der Waals surface area contributed by atoms with Gasteiger partial charge in [0, 0.05) is 5.02 Å². The summed E-state index contributed by atoms with van der Waals surface area (Å²) in [5.74, 6) is 0. The van der Waals surface area contributed by atoms with E-state index in [0.29, 0.717) is 0 Å². The number of hydrogen-bond acceptors (Lipinski definition) is 2. The largest absolute Gasteiger partial charge is 0.370 e. The third-order valence-electron chi connectivity index (χ3n) is 3.72. The smallest absolute Gasteiger partial charge is 0.0958 e. The van der Waals surface area contributed by atoms with Crippen molar-refractivity contribution in [3.8, 4) is 0 Å². The molecule has 2 aliphatic heterocycles. The Morgan fingerprint density at radius 2 is 1.94 bits per heavy atom. The number of ether oxygens (including phenoxy) is 1. The van der Waals surface area contributed by atoms with Crippen LogP contribution in [0.3, 0.4) is 0 Å². The molecule has 2 aliphatic rings. The van der Waals surface area contributed by atoms with Gasteiger partial charge in [0.25, 0.3) is 0 Å². The van der Waals surface area contributed by atoms with Crippen LogP contribution in [0.25, 0.3) is 0 Å². The average molecular weight is 268 g/mol. The highest BCUT2D eigenvalue weighted by atomic mass is 35.5. The van der Waals surface area contributed by atoms with E-state index in [1.807, 2.05) is 19.9 Å². The fourth-order valence-electron chi connectivity index (χ4n) is 2.87. The van der Waals surface area contributed by atoms with Crippen LogP contribution in [-0.4, -0.2) is 19.7 Å². The van der Waals surface area contributed by atoms with Crippen molar-refractivity contribution in [3.63, 3.8) is 0 Å². The number of benzene rings is 1.